The summed E-state index contributed by atoms with van der Waals surface area (Å²) in [5, 5.41) is 11.0. The van der Waals surface area contributed by atoms with Crippen LogP contribution in [0.1, 0.15) is 11.1 Å². The maximum Gasteiger partial charge on any atom is 0.131 e. The zero-order chi connectivity index (χ0) is 12.1. The molecule has 0 amide bonds. The molecule has 0 aliphatic rings. The summed E-state index contributed by atoms with van der Waals surface area (Å²) in [6.45, 7) is 0.696. The molecule has 86 valence electrons. The first-order chi connectivity index (χ1) is 8.29. The molecule has 2 aromatic rings. The highest BCUT2D eigenvalue weighted by molar-refractivity contribution is 6.29. The van der Waals surface area contributed by atoms with Crippen LogP contribution in [0.15, 0.2) is 42.6 Å². The molecule has 0 fully saturated rings. The number of nitrogens with one attached hydrogen (secondary N) is 2. The molecule has 0 spiro atoms. The van der Waals surface area contributed by atoms with Gasteiger partial charge in [-0.15, -0.1) is 0 Å². The van der Waals surface area contributed by atoms with Gasteiger partial charge in [-0.3, -0.25) is 0 Å². The molecule has 1 heterocycles. The number of pyridine rings is 1. The van der Waals surface area contributed by atoms with Gasteiger partial charge in [-0.05, 0) is 11.6 Å². The molecule has 1 aromatic carbocycles. The van der Waals surface area contributed by atoms with Gasteiger partial charge in [0.1, 0.15) is 5.15 Å². The SMILES string of the molecule is N=Cc1cnc(Cl)cc1NCc1ccccc1. The van der Waals surface area contributed by atoms with Gasteiger partial charge in [0, 0.05) is 30.2 Å². The molecule has 0 aliphatic carbocycles. The highest BCUT2D eigenvalue weighted by atomic mass is 35.5. The third-order valence-electron chi connectivity index (χ3n) is 2.38. The molecular formula is C13H12ClN3. The number of nitrogens with zero attached hydrogens (tertiary/aromatic N) is 1. The van der Waals surface area contributed by atoms with E-state index in [2.05, 4.69) is 10.3 Å². The van der Waals surface area contributed by atoms with Crippen LogP contribution >= 0.6 is 11.6 Å². The van der Waals surface area contributed by atoms with Crippen LogP contribution in [0.25, 0.3) is 0 Å². The zero-order valence-corrected chi connectivity index (χ0v) is 9.91. The van der Waals surface area contributed by atoms with Crippen molar-refractivity contribution in [2.75, 3.05) is 5.32 Å². The fourth-order valence-electron chi connectivity index (χ4n) is 1.50. The van der Waals surface area contributed by atoms with Gasteiger partial charge in [0.25, 0.3) is 0 Å². The molecule has 0 aliphatic heterocycles. The Kier molecular flexibility index (Phi) is 3.73. The average Bonchev–Trinajstić information content (AvgIpc) is 2.38. The largest absolute Gasteiger partial charge is 0.380 e. The van der Waals surface area contributed by atoms with E-state index in [1.54, 1.807) is 12.3 Å². The molecular weight excluding hydrogens is 234 g/mol. The summed E-state index contributed by atoms with van der Waals surface area (Å²) < 4.78 is 0. The molecule has 0 saturated heterocycles. The van der Waals surface area contributed by atoms with Crippen molar-refractivity contribution < 1.29 is 0 Å². The third-order valence-corrected chi connectivity index (χ3v) is 2.59. The normalized spacial score (nSPS) is 9.94. The maximum absolute atomic E-state index is 7.29. The van der Waals surface area contributed by atoms with Crippen LogP contribution < -0.4 is 5.32 Å². The van der Waals surface area contributed by atoms with Gasteiger partial charge >= 0.3 is 0 Å². The lowest BCUT2D eigenvalue weighted by Gasteiger charge is -2.09. The highest BCUT2D eigenvalue weighted by Gasteiger charge is 2.01. The smallest absolute Gasteiger partial charge is 0.131 e. The lowest BCUT2D eigenvalue weighted by Crippen LogP contribution is -2.02. The van der Waals surface area contributed by atoms with Crippen molar-refractivity contribution in [3.63, 3.8) is 0 Å². The maximum atomic E-state index is 7.29. The van der Waals surface area contributed by atoms with E-state index < -0.39 is 0 Å². The number of aromatic nitrogens is 1. The van der Waals surface area contributed by atoms with Gasteiger partial charge in [0.15, 0.2) is 0 Å². The molecule has 2 N–H and O–H groups in total. The monoisotopic (exact) mass is 245 g/mol. The van der Waals surface area contributed by atoms with Crippen LogP contribution in [0, 0.1) is 5.41 Å². The quantitative estimate of drug-likeness (QED) is 0.641. The molecule has 0 atom stereocenters. The van der Waals surface area contributed by atoms with Crippen LogP contribution in [0.2, 0.25) is 5.15 Å². The predicted molar refractivity (Wildman–Crippen MR) is 70.9 cm³/mol. The number of anilines is 1. The van der Waals surface area contributed by atoms with Crippen LogP contribution in [-0.2, 0) is 6.54 Å². The Morgan fingerprint density at radius 3 is 2.76 bits per heavy atom. The zero-order valence-electron chi connectivity index (χ0n) is 9.15. The minimum atomic E-state index is 0.422. The Labute approximate surface area is 105 Å². The summed E-state index contributed by atoms with van der Waals surface area (Å²) >= 11 is 5.83. The Morgan fingerprint density at radius 1 is 1.29 bits per heavy atom. The van der Waals surface area contributed by atoms with Gasteiger partial charge in [0.2, 0.25) is 0 Å². The molecule has 1 aromatic heterocycles. The standard InChI is InChI=1S/C13H12ClN3/c14-13-6-12(11(7-15)9-17-13)16-8-10-4-2-1-3-5-10/h1-7,9,15H,8H2,(H,16,17). The van der Waals surface area contributed by atoms with E-state index >= 15 is 0 Å². The number of halogens is 1. The molecule has 0 saturated carbocycles. The summed E-state index contributed by atoms with van der Waals surface area (Å²) in [4.78, 5) is 3.94. The van der Waals surface area contributed by atoms with E-state index in [9.17, 15) is 0 Å². The lowest BCUT2D eigenvalue weighted by molar-refractivity contribution is 1.14. The molecule has 3 nitrogen and oxygen atoms in total. The summed E-state index contributed by atoms with van der Waals surface area (Å²) in [5.41, 5.74) is 2.73. The third kappa shape index (κ3) is 3.04. The van der Waals surface area contributed by atoms with Crippen LogP contribution in [-0.4, -0.2) is 11.2 Å². The summed E-state index contributed by atoms with van der Waals surface area (Å²) in [7, 11) is 0. The van der Waals surface area contributed by atoms with Gasteiger partial charge in [0.05, 0.1) is 0 Å². The predicted octanol–water partition coefficient (Wildman–Crippen LogP) is 3.34. The Hall–Kier alpha value is -1.87. The fraction of sp³-hybridized carbons (Fsp3) is 0.0769. The molecule has 0 radical (unpaired) electrons. The number of hydrogen-bond donors (Lipinski definition) is 2. The van der Waals surface area contributed by atoms with Crippen molar-refractivity contribution in [2.45, 2.75) is 6.54 Å². The van der Waals surface area contributed by atoms with Gasteiger partial charge in [-0.2, -0.15) is 0 Å². The minimum Gasteiger partial charge on any atom is -0.380 e. The Bertz CT molecular complexity index is 511. The topological polar surface area (TPSA) is 48.8 Å². The second-order valence-electron chi connectivity index (χ2n) is 3.58. The summed E-state index contributed by atoms with van der Waals surface area (Å²) in [6.07, 6.45) is 2.85. The summed E-state index contributed by atoms with van der Waals surface area (Å²) in [6, 6.07) is 11.8. The van der Waals surface area contributed by atoms with Crippen molar-refractivity contribution in [1.29, 1.82) is 5.41 Å². The number of hydrogen-bond acceptors (Lipinski definition) is 3. The van der Waals surface area contributed by atoms with Gasteiger partial charge in [-0.25, -0.2) is 4.98 Å². The van der Waals surface area contributed by atoms with Crippen LogP contribution in [0.4, 0.5) is 5.69 Å². The van der Waals surface area contributed by atoms with Crippen LogP contribution in [0.3, 0.4) is 0 Å². The second kappa shape index (κ2) is 5.46. The van der Waals surface area contributed by atoms with E-state index in [0.29, 0.717) is 11.7 Å². The van der Waals surface area contributed by atoms with E-state index in [0.717, 1.165) is 11.3 Å². The lowest BCUT2D eigenvalue weighted by atomic mass is 10.2. The van der Waals surface area contributed by atoms with E-state index in [1.807, 2.05) is 30.3 Å². The molecule has 4 heteroatoms. The molecule has 0 bridgehead atoms. The average molecular weight is 246 g/mol. The number of benzene rings is 1. The van der Waals surface area contributed by atoms with Gasteiger partial charge < -0.3 is 10.7 Å². The first-order valence-electron chi connectivity index (χ1n) is 5.23. The van der Waals surface area contributed by atoms with Crippen molar-refractivity contribution in [3.8, 4) is 0 Å². The first-order valence-corrected chi connectivity index (χ1v) is 5.61. The van der Waals surface area contributed by atoms with Crippen LogP contribution in [0.5, 0.6) is 0 Å². The first kappa shape index (κ1) is 11.6. The van der Waals surface area contributed by atoms with Crippen molar-refractivity contribution in [2.24, 2.45) is 0 Å². The van der Waals surface area contributed by atoms with Crippen molar-refractivity contribution in [1.82, 2.24) is 4.98 Å². The Balaban J connectivity index is 2.13. The molecule has 2 rings (SSSR count). The highest BCUT2D eigenvalue weighted by Crippen LogP contribution is 2.17. The van der Waals surface area contributed by atoms with Crippen molar-refractivity contribution >= 4 is 23.5 Å². The number of rotatable bonds is 4. The minimum absolute atomic E-state index is 0.422. The summed E-state index contributed by atoms with van der Waals surface area (Å²) in [5.74, 6) is 0. The molecule has 17 heavy (non-hydrogen) atoms. The van der Waals surface area contributed by atoms with Gasteiger partial charge in [-0.1, -0.05) is 41.9 Å². The molecule has 0 unspecified atom stereocenters. The second-order valence-corrected chi connectivity index (χ2v) is 3.97. The fourth-order valence-corrected chi connectivity index (χ4v) is 1.66. The van der Waals surface area contributed by atoms with Crippen molar-refractivity contribution in [3.05, 3.63) is 58.9 Å². The Morgan fingerprint density at radius 2 is 2.06 bits per heavy atom. The van der Waals surface area contributed by atoms with E-state index in [1.165, 1.54) is 11.8 Å². The van der Waals surface area contributed by atoms with E-state index in [4.69, 9.17) is 17.0 Å². The van der Waals surface area contributed by atoms with E-state index in [-0.39, 0.29) is 0 Å².